The highest BCUT2D eigenvalue weighted by Crippen LogP contribution is 2.34. The van der Waals surface area contributed by atoms with Gasteiger partial charge in [0.2, 0.25) is 0 Å². The third-order valence-electron chi connectivity index (χ3n) is 1.38. The molecule has 1 aromatic carbocycles. The van der Waals surface area contributed by atoms with E-state index in [1.807, 2.05) is 23.1 Å². The predicted octanol–water partition coefficient (Wildman–Crippen LogP) is 3.10. The fourth-order valence-corrected chi connectivity index (χ4v) is 2.04. The molecular formula is C9H14IPS. The molecule has 0 bridgehead atoms. The summed E-state index contributed by atoms with van der Waals surface area (Å²) in [6, 6.07) is 9.15. The molecule has 0 unspecified atom stereocenters. The number of hydrogen-bond donors (Lipinski definition) is 0. The van der Waals surface area contributed by atoms with E-state index in [0.29, 0.717) is 0 Å². The monoisotopic (exact) mass is 312 g/mol. The second kappa shape index (κ2) is 6.11. The Morgan fingerprint density at radius 3 is 1.75 bits per heavy atom. The smallest absolute Gasteiger partial charge is 0.0121 e. The summed E-state index contributed by atoms with van der Waals surface area (Å²) in [5, 5.41) is 1.32. The van der Waals surface area contributed by atoms with E-state index in [1.54, 1.807) is 0 Å². The molecule has 0 amide bonds. The Kier molecular flexibility index (Phi) is 6.42. The van der Waals surface area contributed by atoms with Crippen molar-refractivity contribution in [3.05, 3.63) is 30.3 Å². The van der Waals surface area contributed by atoms with Crippen LogP contribution in [0.2, 0.25) is 0 Å². The van der Waals surface area contributed by atoms with Gasteiger partial charge in [0, 0.05) is 0 Å². The average molecular weight is 312 g/mol. The Morgan fingerprint density at radius 2 is 1.50 bits per heavy atom. The van der Waals surface area contributed by atoms with E-state index >= 15 is 0 Å². The van der Waals surface area contributed by atoms with Gasteiger partial charge in [-0.15, -0.1) is 0 Å². The zero-order chi connectivity index (χ0) is 9.61. The van der Waals surface area contributed by atoms with Gasteiger partial charge >= 0.3 is 0 Å². The Balaban J connectivity index is 0.000000561. The Hall–Kier alpha value is 0.600. The number of hydrogen-bond acceptors (Lipinski definition) is 1. The van der Waals surface area contributed by atoms with Crippen LogP contribution >= 0.6 is 28.6 Å². The zero-order valence-corrected chi connectivity index (χ0v) is 11.5. The number of alkyl halides is 1. The fraction of sp³-hybridized carbons (Fsp3) is 0.333. The first kappa shape index (κ1) is 12.6. The van der Waals surface area contributed by atoms with E-state index in [2.05, 4.69) is 48.1 Å². The normalized spacial score (nSPS) is 10.0. The van der Waals surface area contributed by atoms with Crippen molar-refractivity contribution in [1.82, 2.24) is 0 Å². The minimum atomic E-state index is -1.18. The molecule has 1 rings (SSSR count). The number of rotatable bonds is 1. The van der Waals surface area contributed by atoms with Gasteiger partial charge in [-0.1, -0.05) is 64.7 Å². The van der Waals surface area contributed by atoms with Gasteiger partial charge in [0.1, 0.15) is 0 Å². The summed E-state index contributed by atoms with van der Waals surface area (Å²) in [6.45, 7) is 4.30. The predicted molar refractivity (Wildman–Crippen MR) is 72.2 cm³/mol. The van der Waals surface area contributed by atoms with E-state index in [4.69, 9.17) is 11.8 Å². The van der Waals surface area contributed by atoms with Crippen molar-refractivity contribution >= 4 is 45.7 Å². The first-order valence-electron chi connectivity index (χ1n) is 3.59. The lowest BCUT2D eigenvalue weighted by Gasteiger charge is -2.08. The molecular weight excluding hydrogens is 298 g/mol. The third kappa shape index (κ3) is 4.58. The minimum Gasteiger partial charge on any atom is -0.0931 e. The first-order chi connectivity index (χ1) is 5.61. The summed E-state index contributed by atoms with van der Waals surface area (Å²) in [6.07, 6.45) is 0. The molecule has 0 fully saturated rings. The maximum atomic E-state index is 5.36. The standard InChI is InChI=1S/C8H11PS.CH3I/c1-9(2,10)8-6-4-3-5-7-8;1-2/h3-7H,1-2H3;1H3. The molecule has 3 heteroatoms. The number of halogens is 1. The van der Waals surface area contributed by atoms with Crippen LogP contribution in [0.5, 0.6) is 0 Å². The second-order valence-corrected chi connectivity index (χ2v) is 8.64. The average Bonchev–Trinajstić information content (AvgIpc) is 2.08. The van der Waals surface area contributed by atoms with Crippen LogP contribution in [0.15, 0.2) is 30.3 Å². The molecule has 0 nitrogen and oxygen atoms in total. The second-order valence-electron chi connectivity index (χ2n) is 2.69. The molecule has 0 heterocycles. The molecule has 12 heavy (non-hydrogen) atoms. The largest absolute Gasteiger partial charge is 0.0931 e. The van der Waals surface area contributed by atoms with Crippen LogP contribution in [-0.4, -0.2) is 18.3 Å². The van der Waals surface area contributed by atoms with Crippen molar-refractivity contribution in [1.29, 1.82) is 0 Å². The Labute approximate surface area is 93.9 Å². The summed E-state index contributed by atoms with van der Waals surface area (Å²) >= 11 is 7.51. The van der Waals surface area contributed by atoms with E-state index < -0.39 is 6.04 Å². The van der Waals surface area contributed by atoms with Crippen molar-refractivity contribution in [2.45, 2.75) is 0 Å². The molecule has 0 N–H and O–H groups in total. The SMILES string of the molecule is CI.CP(C)(=S)c1ccccc1. The molecule has 68 valence electrons. The maximum Gasteiger partial charge on any atom is -0.0121 e. The van der Waals surface area contributed by atoms with Crippen molar-refractivity contribution in [2.75, 3.05) is 18.3 Å². The topological polar surface area (TPSA) is 0 Å². The van der Waals surface area contributed by atoms with Crippen LogP contribution in [0.3, 0.4) is 0 Å². The molecule has 0 atom stereocenters. The van der Waals surface area contributed by atoms with Crippen LogP contribution in [0, 0.1) is 0 Å². The van der Waals surface area contributed by atoms with Crippen molar-refractivity contribution < 1.29 is 0 Å². The fourth-order valence-electron chi connectivity index (χ4n) is 0.787. The summed E-state index contributed by atoms with van der Waals surface area (Å²) < 4.78 is 0. The summed E-state index contributed by atoms with van der Waals surface area (Å²) in [5.41, 5.74) is 0. The van der Waals surface area contributed by atoms with Gasteiger partial charge in [-0.25, -0.2) is 0 Å². The Bertz CT molecular complexity index is 252. The molecule has 0 saturated heterocycles. The van der Waals surface area contributed by atoms with Crippen LogP contribution in [0.25, 0.3) is 0 Å². The molecule has 1 aromatic rings. The minimum absolute atomic E-state index is 1.18. The molecule has 0 aliphatic heterocycles. The van der Waals surface area contributed by atoms with Gasteiger partial charge in [0.05, 0.1) is 0 Å². The molecule has 0 spiro atoms. The molecule has 0 aliphatic rings. The van der Waals surface area contributed by atoms with Crippen LogP contribution in [-0.2, 0) is 11.8 Å². The zero-order valence-electron chi connectivity index (χ0n) is 7.62. The first-order valence-corrected chi connectivity index (χ1v) is 9.44. The highest BCUT2D eigenvalue weighted by molar-refractivity contribution is 14.1. The van der Waals surface area contributed by atoms with Gasteiger partial charge in [-0.3, -0.25) is 0 Å². The van der Waals surface area contributed by atoms with Gasteiger partial charge < -0.3 is 0 Å². The number of benzene rings is 1. The van der Waals surface area contributed by atoms with E-state index in [0.717, 1.165) is 0 Å². The molecule has 0 aliphatic carbocycles. The van der Waals surface area contributed by atoms with E-state index in [-0.39, 0.29) is 0 Å². The Morgan fingerprint density at radius 1 is 1.08 bits per heavy atom. The summed E-state index contributed by atoms with van der Waals surface area (Å²) in [4.78, 5) is 1.97. The maximum absolute atomic E-state index is 5.36. The van der Waals surface area contributed by atoms with Crippen LogP contribution in [0.4, 0.5) is 0 Å². The molecule has 0 saturated carbocycles. The van der Waals surface area contributed by atoms with Crippen molar-refractivity contribution in [2.24, 2.45) is 0 Å². The van der Waals surface area contributed by atoms with Gasteiger partial charge in [-0.2, -0.15) is 0 Å². The lowest BCUT2D eigenvalue weighted by molar-refractivity contribution is 1.77. The van der Waals surface area contributed by atoms with Crippen molar-refractivity contribution in [3.8, 4) is 0 Å². The molecule has 0 radical (unpaired) electrons. The lowest BCUT2D eigenvalue weighted by atomic mass is 10.4. The van der Waals surface area contributed by atoms with E-state index in [9.17, 15) is 0 Å². The lowest BCUT2D eigenvalue weighted by Crippen LogP contribution is -1.99. The summed E-state index contributed by atoms with van der Waals surface area (Å²) in [5.74, 6) is 0. The summed E-state index contributed by atoms with van der Waals surface area (Å²) in [7, 11) is 0. The third-order valence-corrected chi connectivity index (χ3v) is 3.55. The van der Waals surface area contributed by atoms with Crippen LogP contribution < -0.4 is 5.30 Å². The molecule has 0 aromatic heterocycles. The highest BCUT2D eigenvalue weighted by Gasteiger charge is 2.02. The van der Waals surface area contributed by atoms with Crippen molar-refractivity contribution in [3.63, 3.8) is 0 Å². The van der Waals surface area contributed by atoms with E-state index in [1.165, 1.54) is 5.30 Å². The van der Waals surface area contributed by atoms with Gasteiger partial charge in [0.15, 0.2) is 0 Å². The van der Waals surface area contributed by atoms with Crippen LogP contribution in [0.1, 0.15) is 0 Å². The quantitative estimate of drug-likeness (QED) is 0.436. The van der Waals surface area contributed by atoms with Gasteiger partial charge in [0.25, 0.3) is 0 Å². The van der Waals surface area contributed by atoms with Gasteiger partial charge in [-0.05, 0) is 29.6 Å². The highest BCUT2D eigenvalue weighted by atomic mass is 127.